The third-order valence-corrected chi connectivity index (χ3v) is 3.90. The van der Waals surface area contributed by atoms with Gasteiger partial charge in [-0.3, -0.25) is 9.48 Å². The van der Waals surface area contributed by atoms with Gasteiger partial charge in [0, 0.05) is 25.0 Å². The first-order valence-corrected chi connectivity index (χ1v) is 6.44. The lowest BCUT2D eigenvalue weighted by atomic mass is 10.2. The molecule has 2 rings (SSSR count). The lowest BCUT2D eigenvalue weighted by Gasteiger charge is -2.05. The molecule has 0 radical (unpaired) electrons. The van der Waals surface area contributed by atoms with Gasteiger partial charge >= 0.3 is 6.18 Å². The monoisotopic (exact) mass is 349 g/mol. The number of aryl methyl sites for hydroxylation is 2. The van der Waals surface area contributed by atoms with Crippen LogP contribution in [0.1, 0.15) is 21.7 Å². The topological polar surface area (TPSA) is 39.8 Å². The summed E-state index contributed by atoms with van der Waals surface area (Å²) in [5.74, 6) is -1.84. The summed E-state index contributed by atoms with van der Waals surface area (Å²) in [5, 5.41) is 4.20. The van der Waals surface area contributed by atoms with Crippen molar-refractivity contribution in [2.75, 3.05) is 0 Å². The maximum Gasteiger partial charge on any atom is 0.454 e. The van der Waals surface area contributed by atoms with Crippen molar-refractivity contribution < 1.29 is 18.0 Å². The molecule has 2 heterocycles. The quantitative estimate of drug-likeness (QED) is 0.799. The van der Waals surface area contributed by atoms with Crippen LogP contribution in [0.3, 0.4) is 0 Å². The Bertz CT molecular complexity index is 657. The van der Waals surface area contributed by atoms with Crippen molar-refractivity contribution in [1.29, 1.82) is 0 Å². The summed E-state index contributed by atoms with van der Waals surface area (Å²) in [4.78, 5) is 11.1. The summed E-state index contributed by atoms with van der Waals surface area (Å²) < 4.78 is 40.9. The number of aromatic nitrogens is 3. The number of ketones is 1. The fourth-order valence-corrected chi connectivity index (χ4v) is 2.32. The molecule has 108 valence electrons. The number of carbonyl (C=O) groups is 1. The second kappa shape index (κ2) is 5.08. The van der Waals surface area contributed by atoms with E-state index in [0.717, 1.165) is 21.9 Å². The highest BCUT2D eigenvalue weighted by atomic mass is 79.9. The molecule has 2 aromatic rings. The van der Waals surface area contributed by atoms with E-state index in [-0.39, 0.29) is 5.56 Å². The van der Waals surface area contributed by atoms with Crippen molar-refractivity contribution in [3.8, 4) is 0 Å². The molecule has 0 amide bonds. The Hall–Kier alpha value is -1.57. The molecule has 0 fully saturated rings. The number of nitrogens with zero attached hydrogens (tertiary/aromatic N) is 3. The molecule has 0 saturated carbocycles. The first-order valence-electron chi connectivity index (χ1n) is 5.65. The molecule has 0 aliphatic rings. The molecule has 4 nitrogen and oxygen atoms in total. The van der Waals surface area contributed by atoms with Gasteiger partial charge in [0.2, 0.25) is 0 Å². The smallest absolute Gasteiger partial charge is 0.348 e. The van der Waals surface area contributed by atoms with Gasteiger partial charge in [-0.2, -0.15) is 18.3 Å². The van der Waals surface area contributed by atoms with Gasteiger partial charge in [-0.15, -0.1) is 0 Å². The molecule has 0 aliphatic carbocycles. The van der Waals surface area contributed by atoms with E-state index in [2.05, 4.69) is 21.0 Å². The van der Waals surface area contributed by atoms with Crippen LogP contribution >= 0.6 is 15.9 Å². The van der Waals surface area contributed by atoms with Gasteiger partial charge in [-0.25, -0.2) is 0 Å². The summed E-state index contributed by atoms with van der Waals surface area (Å²) in [6, 6.07) is 1.16. The molecule has 0 unspecified atom stereocenters. The Morgan fingerprint density at radius 3 is 2.60 bits per heavy atom. The molecule has 0 N–H and O–H groups in total. The standard InChI is InChI=1S/C12H11BrF3N3O/c1-7-10(13)9(18(2)17-7)6-19-4-3-8(5-19)11(20)12(14,15)16/h3-5H,6H2,1-2H3. The van der Waals surface area contributed by atoms with Gasteiger partial charge < -0.3 is 4.57 Å². The highest BCUT2D eigenvalue weighted by molar-refractivity contribution is 9.10. The van der Waals surface area contributed by atoms with Crippen LogP contribution in [0.4, 0.5) is 13.2 Å². The fraction of sp³-hybridized carbons (Fsp3) is 0.333. The summed E-state index contributed by atoms with van der Waals surface area (Å²) in [6.45, 7) is 2.14. The fourth-order valence-electron chi connectivity index (χ4n) is 1.86. The molecule has 0 bridgehead atoms. The first kappa shape index (κ1) is 14.8. The van der Waals surface area contributed by atoms with Crippen LogP contribution in [-0.2, 0) is 13.6 Å². The minimum absolute atomic E-state index is 0.322. The van der Waals surface area contributed by atoms with Crippen LogP contribution in [0.15, 0.2) is 22.9 Å². The predicted octanol–water partition coefficient (Wildman–Crippen LogP) is 3.09. The van der Waals surface area contributed by atoms with Gasteiger partial charge in [-0.05, 0) is 28.9 Å². The Morgan fingerprint density at radius 2 is 2.10 bits per heavy atom. The van der Waals surface area contributed by atoms with E-state index in [4.69, 9.17) is 0 Å². The van der Waals surface area contributed by atoms with Gasteiger partial charge in [0.05, 0.1) is 22.4 Å². The van der Waals surface area contributed by atoms with Crippen LogP contribution in [-0.4, -0.2) is 26.3 Å². The highest BCUT2D eigenvalue weighted by Gasteiger charge is 2.39. The third kappa shape index (κ3) is 2.79. The minimum atomic E-state index is -4.85. The van der Waals surface area contributed by atoms with Crippen molar-refractivity contribution in [3.05, 3.63) is 39.9 Å². The normalized spacial score (nSPS) is 11.9. The van der Waals surface area contributed by atoms with Crippen LogP contribution in [0.25, 0.3) is 0 Å². The van der Waals surface area contributed by atoms with Crippen molar-refractivity contribution in [2.45, 2.75) is 19.6 Å². The van der Waals surface area contributed by atoms with Crippen LogP contribution in [0.5, 0.6) is 0 Å². The molecule has 8 heteroatoms. The van der Waals surface area contributed by atoms with E-state index in [1.165, 1.54) is 17.0 Å². The number of rotatable bonds is 3. The number of Topliss-reactive ketones (excluding diaryl/α,β-unsaturated/α-hetero) is 1. The summed E-state index contributed by atoms with van der Waals surface area (Å²) >= 11 is 3.38. The van der Waals surface area contributed by atoms with Crippen molar-refractivity contribution in [1.82, 2.24) is 14.3 Å². The zero-order valence-electron chi connectivity index (χ0n) is 10.7. The summed E-state index contributed by atoms with van der Waals surface area (Å²) in [7, 11) is 1.75. The number of alkyl halides is 3. The molecule has 0 atom stereocenters. The maximum atomic E-state index is 12.3. The Labute approximate surface area is 121 Å². The number of halogens is 4. The van der Waals surface area contributed by atoms with Gasteiger partial charge in [0.25, 0.3) is 5.78 Å². The van der Waals surface area contributed by atoms with Gasteiger partial charge in [0.15, 0.2) is 0 Å². The van der Waals surface area contributed by atoms with E-state index in [9.17, 15) is 18.0 Å². The van der Waals surface area contributed by atoms with Gasteiger partial charge in [-0.1, -0.05) is 0 Å². The van der Waals surface area contributed by atoms with Gasteiger partial charge in [0.1, 0.15) is 0 Å². The van der Waals surface area contributed by atoms with Crippen LogP contribution in [0, 0.1) is 6.92 Å². The molecule has 20 heavy (non-hydrogen) atoms. The Morgan fingerprint density at radius 1 is 1.45 bits per heavy atom. The second-order valence-electron chi connectivity index (χ2n) is 4.37. The Kier molecular flexibility index (Phi) is 3.77. The number of hydrogen-bond donors (Lipinski definition) is 0. The van der Waals surface area contributed by atoms with E-state index >= 15 is 0 Å². The largest absolute Gasteiger partial charge is 0.454 e. The molecule has 0 aliphatic heterocycles. The second-order valence-corrected chi connectivity index (χ2v) is 5.16. The van der Waals surface area contributed by atoms with Crippen molar-refractivity contribution >= 4 is 21.7 Å². The van der Waals surface area contributed by atoms with E-state index in [1.807, 2.05) is 6.92 Å². The summed E-state index contributed by atoms with van der Waals surface area (Å²) in [6.07, 6.45) is -2.23. The highest BCUT2D eigenvalue weighted by Crippen LogP contribution is 2.23. The number of hydrogen-bond acceptors (Lipinski definition) is 2. The van der Waals surface area contributed by atoms with Crippen LogP contribution < -0.4 is 0 Å². The van der Waals surface area contributed by atoms with Crippen LogP contribution in [0.2, 0.25) is 0 Å². The predicted molar refractivity (Wildman–Crippen MR) is 69.6 cm³/mol. The van der Waals surface area contributed by atoms with Crippen molar-refractivity contribution in [3.63, 3.8) is 0 Å². The number of carbonyl (C=O) groups excluding carboxylic acids is 1. The molecule has 2 aromatic heterocycles. The maximum absolute atomic E-state index is 12.3. The zero-order chi connectivity index (χ0) is 15.1. The average Bonchev–Trinajstić information content (AvgIpc) is 2.88. The molecular formula is C12H11BrF3N3O. The molecule has 0 aromatic carbocycles. The van der Waals surface area contributed by atoms with E-state index in [1.54, 1.807) is 11.7 Å². The van der Waals surface area contributed by atoms with E-state index in [0.29, 0.717) is 6.54 Å². The molecule has 0 spiro atoms. The minimum Gasteiger partial charge on any atom is -0.348 e. The zero-order valence-corrected chi connectivity index (χ0v) is 12.3. The average molecular weight is 350 g/mol. The summed E-state index contributed by atoms with van der Waals surface area (Å²) in [5.41, 5.74) is 1.23. The lowest BCUT2D eigenvalue weighted by Crippen LogP contribution is -2.22. The van der Waals surface area contributed by atoms with Crippen molar-refractivity contribution in [2.24, 2.45) is 7.05 Å². The first-order chi connectivity index (χ1) is 9.20. The SMILES string of the molecule is Cc1nn(C)c(Cn2ccc(C(=O)C(F)(F)F)c2)c1Br. The lowest BCUT2D eigenvalue weighted by molar-refractivity contribution is -0.0885. The molecular weight excluding hydrogens is 339 g/mol. The molecule has 0 saturated heterocycles. The Balaban J connectivity index is 2.24. The van der Waals surface area contributed by atoms with E-state index < -0.39 is 12.0 Å². The third-order valence-electron chi connectivity index (χ3n) is 2.86.